The molecule has 0 saturated heterocycles. The number of amides is 1. The second-order valence-electron chi connectivity index (χ2n) is 4.94. The maximum Gasteiger partial charge on any atom is 0.220 e. The minimum absolute atomic E-state index is 0.0100. The van der Waals surface area contributed by atoms with Gasteiger partial charge in [-0.1, -0.05) is 27.7 Å². The van der Waals surface area contributed by atoms with Crippen molar-refractivity contribution < 1.29 is 9.59 Å². The van der Waals surface area contributed by atoms with Crippen molar-refractivity contribution in [3.05, 3.63) is 0 Å². The van der Waals surface area contributed by atoms with Crippen LogP contribution in [0.5, 0.6) is 0 Å². The molecule has 1 N–H and O–H groups in total. The summed E-state index contributed by atoms with van der Waals surface area (Å²) >= 11 is 1.85. The molecule has 0 aromatic heterocycles. The Labute approximate surface area is 109 Å². The smallest absolute Gasteiger partial charge is 0.220 e. The Morgan fingerprint density at radius 2 is 1.76 bits per heavy atom. The molecule has 0 bridgehead atoms. The summed E-state index contributed by atoms with van der Waals surface area (Å²) in [5.41, 5.74) is 0. The molecule has 0 aliphatic rings. The number of rotatable bonds is 9. The second-order valence-corrected chi connectivity index (χ2v) is 6.09. The summed E-state index contributed by atoms with van der Waals surface area (Å²) in [5, 5.41) is 2.84. The first-order valence-electron chi connectivity index (χ1n) is 6.30. The Balaban J connectivity index is 3.44. The molecule has 0 aromatic carbocycles. The molecule has 17 heavy (non-hydrogen) atoms. The van der Waals surface area contributed by atoms with E-state index in [0.29, 0.717) is 25.3 Å². The third-order valence-electron chi connectivity index (χ3n) is 2.26. The molecule has 0 fully saturated rings. The van der Waals surface area contributed by atoms with Gasteiger partial charge in [-0.2, -0.15) is 11.8 Å². The maximum atomic E-state index is 11.4. The van der Waals surface area contributed by atoms with E-state index in [4.69, 9.17) is 0 Å². The monoisotopic (exact) mass is 259 g/mol. The first-order chi connectivity index (χ1) is 7.93. The average molecular weight is 259 g/mol. The van der Waals surface area contributed by atoms with Crippen LogP contribution in [-0.2, 0) is 9.59 Å². The van der Waals surface area contributed by atoms with Crippen LogP contribution >= 0.6 is 11.8 Å². The third-order valence-corrected chi connectivity index (χ3v) is 3.66. The normalized spacial score (nSPS) is 10.9. The van der Waals surface area contributed by atoms with Gasteiger partial charge >= 0.3 is 0 Å². The standard InChI is InChI=1S/C13H25NO2S/c1-10(2)9-17-8-7-14-13(16)6-5-12(15)11(3)4/h10-11H,5-9H2,1-4H3,(H,14,16). The second kappa shape index (κ2) is 9.51. The minimum Gasteiger partial charge on any atom is -0.355 e. The fourth-order valence-corrected chi connectivity index (χ4v) is 2.08. The Kier molecular flexibility index (Phi) is 9.23. The number of nitrogens with one attached hydrogen (secondary N) is 1. The number of Topliss-reactive ketones (excluding diaryl/α,β-unsaturated/α-hetero) is 1. The molecule has 3 nitrogen and oxygen atoms in total. The predicted molar refractivity (Wildman–Crippen MR) is 74.3 cm³/mol. The van der Waals surface area contributed by atoms with Gasteiger partial charge in [0.15, 0.2) is 0 Å². The number of hydrogen-bond acceptors (Lipinski definition) is 3. The SMILES string of the molecule is CC(C)CSCCNC(=O)CCC(=O)C(C)C. The van der Waals surface area contributed by atoms with Crippen LogP contribution in [0.2, 0.25) is 0 Å². The van der Waals surface area contributed by atoms with E-state index in [0.717, 1.165) is 11.5 Å². The first kappa shape index (κ1) is 16.5. The first-order valence-corrected chi connectivity index (χ1v) is 7.46. The van der Waals surface area contributed by atoms with Crippen LogP contribution in [0.15, 0.2) is 0 Å². The summed E-state index contributed by atoms with van der Waals surface area (Å²) in [6.07, 6.45) is 0.689. The Bertz CT molecular complexity index is 240. The van der Waals surface area contributed by atoms with Crippen molar-refractivity contribution in [2.75, 3.05) is 18.1 Å². The van der Waals surface area contributed by atoms with E-state index in [1.165, 1.54) is 0 Å². The molecular formula is C13H25NO2S. The highest BCUT2D eigenvalue weighted by atomic mass is 32.2. The van der Waals surface area contributed by atoms with Gasteiger partial charge in [-0.3, -0.25) is 9.59 Å². The van der Waals surface area contributed by atoms with E-state index >= 15 is 0 Å². The van der Waals surface area contributed by atoms with Gasteiger partial charge in [0.05, 0.1) is 0 Å². The molecule has 4 heteroatoms. The van der Waals surface area contributed by atoms with Crippen molar-refractivity contribution >= 4 is 23.5 Å². The van der Waals surface area contributed by atoms with Crippen molar-refractivity contribution in [3.63, 3.8) is 0 Å². The van der Waals surface area contributed by atoms with Gasteiger partial charge in [0, 0.05) is 31.1 Å². The van der Waals surface area contributed by atoms with Crippen LogP contribution in [0, 0.1) is 11.8 Å². The van der Waals surface area contributed by atoms with E-state index < -0.39 is 0 Å². The number of thioether (sulfide) groups is 1. The summed E-state index contributed by atoms with van der Waals surface area (Å²) in [5.74, 6) is 2.95. The fraction of sp³-hybridized carbons (Fsp3) is 0.846. The molecule has 0 heterocycles. The Morgan fingerprint density at radius 3 is 2.29 bits per heavy atom. The van der Waals surface area contributed by atoms with Crippen LogP contribution in [-0.4, -0.2) is 29.7 Å². The van der Waals surface area contributed by atoms with E-state index in [1.54, 1.807) is 0 Å². The molecular weight excluding hydrogens is 234 g/mol. The van der Waals surface area contributed by atoms with E-state index in [9.17, 15) is 9.59 Å². The van der Waals surface area contributed by atoms with Crippen LogP contribution in [0.3, 0.4) is 0 Å². The number of carbonyl (C=O) groups is 2. The van der Waals surface area contributed by atoms with E-state index in [1.807, 2.05) is 25.6 Å². The molecule has 0 spiro atoms. The fourth-order valence-electron chi connectivity index (χ4n) is 1.20. The number of ketones is 1. The van der Waals surface area contributed by atoms with Gasteiger partial charge in [-0.15, -0.1) is 0 Å². The average Bonchev–Trinajstić information content (AvgIpc) is 2.24. The highest BCUT2D eigenvalue weighted by molar-refractivity contribution is 7.99. The summed E-state index contributed by atoms with van der Waals surface area (Å²) < 4.78 is 0. The van der Waals surface area contributed by atoms with Crippen molar-refractivity contribution in [2.24, 2.45) is 11.8 Å². The van der Waals surface area contributed by atoms with Gasteiger partial charge in [-0.25, -0.2) is 0 Å². The van der Waals surface area contributed by atoms with Crippen LogP contribution < -0.4 is 5.32 Å². The summed E-state index contributed by atoms with van der Waals surface area (Å²) in [4.78, 5) is 22.7. The molecule has 100 valence electrons. The summed E-state index contributed by atoms with van der Waals surface area (Å²) in [7, 11) is 0. The van der Waals surface area contributed by atoms with Crippen molar-refractivity contribution in [3.8, 4) is 0 Å². The van der Waals surface area contributed by atoms with E-state index in [-0.39, 0.29) is 17.6 Å². The lowest BCUT2D eigenvalue weighted by Crippen LogP contribution is -2.26. The molecule has 1 amide bonds. The quantitative estimate of drug-likeness (QED) is 0.647. The van der Waals surface area contributed by atoms with Gasteiger partial charge in [0.25, 0.3) is 0 Å². The lowest BCUT2D eigenvalue weighted by Gasteiger charge is -2.07. The molecule has 0 unspecified atom stereocenters. The molecule has 0 rings (SSSR count). The maximum absolute atomic E-state index is 11.4. The van der Waals surface area contributed by atoms with Gasteiger partial charge < -0.3 is 5.32 Å². The topological polar surface area (TPSA) is 46.2 Å². The van der Waals surface area contributed by atoms with Crippen molar-refractivity contribution in [1.82, 2.24) is 5.32 Å². The predicted octanol–water partition coefficient (Wildman–Crippen LogP) is 2.50. The lowest BCUT2D eigenvalue weighted by atomic mass is 10.0. The zero-order valence-electron chi connectivity index (χ0n) is 11.4. The summed E-state index contributed by atoms with van der Waals surface area (Å²) in [6, 6.07) is 0. The van der Waals surface area contributed by atoms with E-state index in [2.05, 4.69) is 19.2 Å². The largest absolute Gasteiger partial charge is 0.355 e. The van der Waals surface area contributed by atoms with Gasteiger partial charge in [0.1, 0.15) is 5.78 Å². The Hall–Kier alpha value is -0.510. The third kappa shape index (κ3) is 10.4. The zero-order valence-corrected chi connectivity index (χ0v) is 12.2. The molecule has 0 aliphatic heterocycles. The van der Waals surface area contributed by atoms with Crippen molar-refractivity contribution in [2.45, 2.75) is 40.5 Å². The zero-order chi connectivity index (χ0) is 13.3. The van der Waals surface area contributed by atoms with Gasteiger partial charge in [0.2, 0.25) is 5.91 Å². The molecule has 0 atom stereocenters. The lowest BCUT2D eigenvalue weighted by molar-refractivity contribution is -0.126. The molecule has 0 saturated carbocycles. The van der Waals surface area contributed by atoms with Crippen molar-refractivity contribution in [1.29, 1.82) is 0 Å². The van der Waals surface area contributed by atoms with Gasteiger partial charge in [-0.05, 0) is 11.7 Å². The Morgan fingerprint density at radius 1 is 1.12 bits per heavy atom. The van der Waals surface area contributed by atoms with Crippen LogP contribution in [0.1, 0.15) is 40.5 Å². The molecule has 0 aliphatic carbocycles. The van der Waals surface area contributed by atoms with Crippen LogP contribution in [0.25, 0.3) is 0 Å². The van der Waals surface area contributed by atoms with Crippen LogP contribution in [0.4, 0.5) is 0 Å². The number of carbonyl (C=O) groups excluding carboxylic acids is 2. The highest BCUT2D eigenvalue weighted by Crippen LogP contribution is 2.06. The molecule has 0 radical (unpaired) electrons. The minimum atomic E-state index is -0.0100. The highest BCUT2D eigenvalue weighted by Gasteiger charge is 2.09. The molecule has 0 aromatic rings. The number of hydrogen-bond donors (Lipinski definition) is 1. The summed E-state index contributed by atoms with van der Waals surface area (Å²) in [6.45, 7) is 8.80.